The average molecular weight is 542 g/mol. The van der Waals surface area contributed by atoms with E-state index in [1.807, 2.05) is 0 Å². The summed E-state index contributed by atoms with van der Waals surface area (Å²) in [6, 6.07) is -0.948. The Bertz CT molecular complexity index is 1100. The van der Waals surface area contributed by atoms with Crippen LogP contribution >= 0.6 is 23.1 Å². The first-order chi connectivity index (χ1) is 17.0. The Labute approximate surface area is 215 Å². The minimum atomic E-state index is -0.948. The molecule has 1 aromatic rings. The van der Waals surface area contributed by atoms with Crippen LogP contribution in [0.5, 0.6) is 0 Å². The molecule has 0 bridgehead atoms. The molecule has 0 spiro atoms. The topological polar surface area (TPSA) is 163 Å². The number of carbonyl (C=O) groups is 4. The van der Waals surface area contributed by atoms with E-state index >= 15 is 0 Å². The lowest BCUT2D eigenvalue weighted by Gasteiger charge is -2.52. The lowest BCUT2D eigenvalue weighted by Crippen LogP contribution is -2.72. The summed E-state index contributed by atoms with van der Waals surface area (Å²) in [5.41, 5.74) is 5.74. The van der Waals surface area contributed by atoms with Crippen molar-refractivity contribution in [2.24, 2.45) is 10.6 Å². The number of aromatic nitrogens is 1. The number of thiazole rings is 1. The Morgan fingerprint density at radius 3 is 2.61 bits per heavy atom. The summed E-state index contributed by atoms with van der Waals surface area (Å²) in [5.74, 6) is -1.75. The number of nitrogens with two attached hydrogens (primary N) is 1. The van der Waals surface area contributed by atoms with Crippen LogP contribution in [0.1, 0.15) is 27.7 Å². The summed E-state index contributed by atoms with van der Waals surface area (Å²) in [6.07, 6.45) is 0.930. The molecule has 3 rings (SSSR count). The van der Waals surface area contributed by atoms with Gasteiger partial charge in [-0.2, -0.15) is 0 Å². The quantitative estimate of drug-likeness (QED) is 0.120. The molecule has 2 aliphatic rings. The Morgan fingerprint density at radius 2 is 2.00 bits per heavy atom. The number of nitrogens with zero attached hydrogens (tertiary/aromatic N) is 4. The van der Waals surface area contributed by atoms with Crippen molar-refractivity contribution in [1.82, 2.24) is 9.88 Å². The van der Waals surface area contributed by atoms with E-state index in [0.717, 1.165) is 17.6 Å². The van der Waals surface area contributed by atoms with Crippen LogP contribution in [0.4, 0.5) is 10.9 Å². The van der Waals surface area contributed by atoms with Crippen LogP contribution < -0.4 is 10.6 Å². The minimum absolute atomic E-state index is 0.0750. The van der Waals surface area contributed by atoms with E-state index in [9.17, 15) is 19.2 Å². The molecule has 2 atom stereocenters. The molecule has 0 aromatic carbocycles. The normalized spacial score (nSPS) is 19.6. The Kier molecular flexibility index (Phi) is 8.58. The molecule has 2 amide bonds. The first kappa shape index (κ1) is 27.4. The second-order valence-electron chi connectivity index (χ2n) is 8.71. The van der Waals surface area contributed by atoms with Crippen LogP contribution in [0.25, 0.3) is 0 Å². The lowest BCUT2D eigenvalue weighted by atomic mass is 9.98. The molecule has 0 radical (unpaired) electrons. The van der Waals surface area contributed by atoms with E-state index in [-0.39, 0.29) is 23.4 Å². The van der Waals surface area contributed by atoms with E-state index in [0.29, 0.717) is 11.3 Å². The molecular weight excluding hydrogens is 514 g/mol. The predicted octanol–water partition coefficient (Wildman–Crippen LogP) is 1.31. The van der Waals surface area contributed by atoms with E-state index in [2.05, 4.69) is 15.0 Å². The van der Waals surface area contributed by atoms with Gasteiger partial charge in [-0.25, -0.2) is 9.78 Å². The summed E-state index contributed by atoms with van der Waals surface area (Å²) in [5, 5.41) is 4.70. The van der Waals surface area contributed by atoms with Crippen molar-refractivity contribution in [3.63, 3.8) is 0 Å². The second kappa shape index (κ2) is 11.3. The highest BCUT2D eigenvalue weighted by atomic mass is 32.2. The van der Waals surface area contributed by atoms with Crippen LogP contribution in [0.3, 0.4) is 0 Å². The van der Waals surface area contributed by atoms with E-state index in [4.69, 9.17) is 19.9 Å². The molecule has 1 saturated heterocycles. The van der Waals surface area contributed by atoms with Gasteiger partial charge in [-0.15, -0.1) is 23.1 Å². The Hall–Kier alpha value is -3.17. The summed E-state index contributed by atoms with van der Waals surface area (Å²) in [4.78, 5) is 61.9. The molecule has 2 aliphatic heterocycles. The van der Waals surface area contributed by atoms with Crippen molar-refractivity contribution in [3.05, 3.63) is 16.7 Å². The maximum absolute atomic E-state index is 13.3. The molecule has 2 N–H and O–H groups in total. The molecule has 13 nitrogen and oxygen atoms in total. The van der Waals surface area contributed by atoms with Crippen molar-refractivity contribution in [2.75, 3.05) is 37.1 Å². The zero-order valence-corrected chi connectivity index (χ0v) is 22.0. The molecule has 1 fully saturated rings. The van der Waals surface area contributed by atoms with Crippen LogP contribution in [0.15, 0.2) is 21.8 Å². The average Bonchev–Trinajstić information content (AvgIpc) is 3.25. The number of β-lactam (4-membered cyclic amide) rings is 1. The maximum atomic E-state index is 13.3. The lowest BCUT2D eigenvalue weighted by molar-refractivity contribution is -0.181. The van der Waals surface area contributed by atoms with Gasteiger partial charge in [0.15, 0.2) is 18.7 Å². The van der Waals surface area contributed by atoms with Gasteiger partial charge in [-0.3, -0.25) is 24.2 Å². The molecule has 15 heteroatoms. The Balaban J connectivity index is 1.69. The highest BCUT2D eigenvalue weighted by Crippen LogP contribution is 2.43. The molecule has 3 heterocycles. The standard InChI is InChI=1S/C21H27N5O8S2/c1-11-7-35-17-15(25(13(27)6-23-31-5)12-8-36-20(22)24-12)16(28)26(17)14(11)18(29)33-9-32-10-34-19(30)21(2,3)4/h6,8,15,17H,7,9-10H2,1-5H3,(H2,22,24)/b23-6-/t15-,17-/m1/s1. The SMILES string of the molecule is CO/N=C\C(=O)N(c1csc(N)n1)[C@@H]1C(=O)N2C(C(=O)OCOCOC(=O)C(C)(C)C)=C(C)CS[C@H]12. The van der Waals surface area contributed by atoms with Crippen molar-refractivity contribution in [2.45, 2.75) is 39.1 Å². The van der Waals surface area contributed by atoms with Crippen molar-refractivity contribution >= 4 is 64.0 Å². The number of carbonyl (C=O) groups excluding carboxylic acids is 4. The monoisotopic (exact) mass is 541 g/mol. The van der Waals surface area contributed by atoms with Crippen molar-refractivity contribution in [3.8, 4) is 0 Å². The van der Waals surface area contributed by atoms with Gasteiger partial charge < -0.3 is 24.8 Å². The highest BCUT2D eigenvalue weighted by Gasteiger charge is 2.57. The van der Waals surface area contributed by atoms with Crippen molar-refractivity contribution < 1.29 is 38.2 Å². The first-order valence-corrected chi connectivity index (χ1v) is 12.6. The zero-order valence-electron chi connectivity index (χ0n) is 20.4. The van der Waals surface area contributed by atoms with Crippen molar-refractivity contribution in [1.29, 1.82) is 0 Å². The number of thioether (sulfide) groups is 1. The van der Waals surface area contributed by atoms with Gasteiger partial charge in [0.1, 0.15) is 36.3 Å². The fourth-order valence-corrected chi connectivity index (χ4v) is 5.17. The summed E-state index contributed by atoms with van der Waals surface area (Å²) < 4.78 is 15.2. The number of hydrogen-bond acceptors (Lipinski definition) is 13. The summed E-state index contributed by atoms with van der Waals surface area (Å²) in [6.45, 7) is 5.93. The van der Waals surface area contributed by atoms with Gasteiger partial charge >= 0.3 is 11.9 Å². The molecule has 36 heavy (non-hydrogen) atoms. The van der Waals surface area contributed by atoms with Gasteiger partial charge in [0.05, 0.1) is 5.41 Å². The predicted molar refractivity (Wildman–Crippen MR) is 132 cm³/mol. The van der Waals surface area contributed by atoms with Gasteiger partial charge in [0.2, 0.25) is 0 Å². The van der Waals surface area contributed by atoms with E-state index in [1.165, 1.54) is 28.7 Å². The van der Waals surface area contributed by atoms with E-state index < -0.39 is 47.4 Å². The third kappa shape index (κ3) is 5.79. The van der Waals surface area contributed by atoms with Gasteiger partial charge in [0, 0.05) is 11.1 Å². The van der Waals surface area contributed by atoms with Crippen LogP contribution in [0, 0.1) is 5.41 Å². The molecule has 1 aromatic heterocycles. The maximum Gasteiger partial charge on any atom is 0.357 e. The third-order valence-electron chi connectivity index (χ3n) is 5.02. The highest BCUT2D eigenvalue weighted by molar-refractivity contribution is 8.00. The number of oxime groups is 1. The number of fused-ring (bicyclic) bond motifs is 1. The smallest absolute Gasteiger partial charge is 0.357 e. The number of rotatable bonds is 9. The van der Waals surface area contributed by atoms with Gasteiger partial charge in [-0.05, 0) is 33.3 Å². The van der Waals surface area contributed by atoms with Gasteiger partial charge in [0.25, 0.3) is 11.8 Å². The largest absolute Gasteiger partial charge is 0.438 e. The Morgan fingerprint density at radius 1 is 1.31 bits per heavy atom. The van der Waals surface area contributed by atoms with Crippen LogP contribution in [-0.4, -0.2) is 77.7 Å². The first-order valence-electron chi connectivity index (χ1n) is 10.6. The molecule has 0 aliphatic carbocycles. The number of nitrogen functional groups attached to an aromatic ring is 1. The molecule has 0 unspecified atom stereocenters. The third-order valence-corrected chi connectivity index (χ3v) is 7.10. The fourth-order valence-electron chi connectivity index (χ4n) is 3.30. The summed E-state index contributed by atoms with van der Waals surface area (Å²) >= 11 is 2.50. The number of ether oxygens (including phenoxy) is 3. The number of amides is 2. The molecule has 196 valence electrons. The minimum Gasteiger partial charge on any atom is -0.438 e. The van der Waals surface area contributed by atoms with E-state index in [1.54, 1.807) is 33.1 Å². The molecule has 0 saturated carbocycles. The van der Waals surface area contributed by atoms with Gasteiger partial charge in [-0.1, -0.05) is 5.16 Å². The van der Waals surface area contributed by atoms with Crippen LogP contribution in [-0.2, 0) is 38.2 Å². The number of hydrogen-bond donors (Lipinski definition) is 1. The molecular formula is C21H27N5O8S2. The fraction of sp³-hybridized carbons (Fsp3) is 0.524. The second-order valence-corrected chi connectivity index (χ2v) is 10.7. The van der Waals surface area contributed by atoms with Crippen LogP contribution in [0.2, 0.25) is 0 Å². The zero-order chi connectivity index (χ0) is 26.6. The number of esters is 2. The number of anilines is 2. The summed E-state index contributed by atoms with van der Waals surface area (Å²) in [7, 11) is 1.28.